The Labute approximate surface area is 151 Å². The van der Waals surface area contributed by atoms with Crippen molar-refractivity contribution in [3.8, 4) is 6.07 Å². The van der Waals surface area contributed by atoms with Crippen molar-refractivity contribution in [3.63, 3.8) is 0 Å². The molecule has 26 heavy (non-hydrogen) atoms. The van der Waals surface area contributed by atoms with E-state index in [1.807, 2.05) is 30.0 Å². The Morgan fingerprint density at radius 3 is 2.50 bits per heavy atom. The number of rotatable bonds is 6. The van der Waals surface area contributed by atoms with Crippen molar-refractivity contribution in [3.05, 3.63) is 64.7 Å². The summed E-state index contributed by atoms with van der Waals surface area (Å²) in [6.45, 7) is 3.46. The third-order valence-corrected chi connectivity index (χ3v) is 4.88. The maximum absolute atomic E-state index is 13.3. The topological polar surface area (TPSA) is 27.0 Å². The molecule has 2 aromatic rings. The van der Waals surface area contributed by atoms with Crippen molar-refractivity contribution in [1.29, 1.82) is 5.26 Å². The molecule has 0 amide bonds. The van der Waals surface area contributed by atoms with Crippen LogP contribution in [0.1, 0.15) is 35.1 Å². The highest BCUT2D eigenvalue weighted by Crippen LogP contribution is 2.36. The molecule has 136 valence electrons. The zero-order valence-corrected chi connectivity index (χ0v) is 14.7. The lowest BCUT2D eigenvalue weighted by Crippen LogP contribution is -2.28. The Bertz CT molecular complexity index is 817. The number of alkyl halides is 3. The molecule has 0 radical (unpaired) electrons. The minimum Gasteiger partial charge on any atom is -0.371 e. The highest BCUT2D eigenvalue weighted by molar-refractivity contribution is 5.55. The van der Waals surface area contributed by atoms with E-state index in [1.165, 1.54) is 17.2 Å². The van der Waals surface area contributed by atoms with E-state index >= 15 is 0 Å². The first kappa shape index (κ1) is 18.3. The second-order valence-corrected chi connectivity index (χ2v) is 6.91. The molecule has 0 saturated heterocycles. The van der Waals surface area contributed by atoms with E-state index in [9.17, 15) is 13.2 Å². The van der Waals surface area contributed by atoms with Crippen LogP contribution >= 0.6 is 0 Å². The Kier molecular flexibility index (Phi) is 5.22. The molecular formula is C21H21F3N2. The first-order valence-corrected chi connectivity index (χ1v) is 8.79. The molecule has 5 heteroatoms. The summed E-state index contributed by atoms with van der Waals surface area (Å²) in [5.41, 5.74) is 1.75. The molecule has 1 aliphatic rings. The van der Waals surface area contributed by atoms with Gasteiger partial charge in [-0.05, 0) is 61.4 Å². The number of hydrogen-bond acceptors (Lipinski definition) is 2. The highest BCUT2D eigenvalue weighted by atomic mass is 19.4. The van der Waals surface area contributed by atoms with Crippen LogP contribution in [-0.4, -0.2) is 13.1 Å². The molecule has 0 atom stereocenters. The summed E-state index contributed by atoms with van der Waals surface area (Å²) < 4.78 is 39.9. The van der Waals surface area contributed by atoms with E-state index in [0.29, 0.717) is 18.2 Å². The zero-order chi connectivity index (χ0) is 18.7. The number of halogens is 3. The smallest absolute Gasteiger partial charge is 0.371 e. The molecule has 0 N–H and O–H groups in total. The summed E-state index contributed by atoms with van der Waals surface area (Å²) in [6, 6.07) is 13.8. The third kappa shape index (κ3) is 4.37. The Hall–Kier alpha value is -2.48. The molecule has 0 unspecified atom stereocenters. The molecule has 1 aliphatic carbocycles. The molecule has 0 aliphatic heterocycles. The van der Waals surface area contributed by atoms with Crippen molar-refractivity contribution in [2.75, 3.05) is 18.0 Å². The van der Waals surface area contributed by atoms with Crippen LogP contribution < -0.4 is 4.90 Å². The Morgan fingerprint density at radius 2 is 1.88 bits per heavy atom. The van der Waals surface area contributed by atoms with Gasteiger partial charge in [-0.25, -0.2) is 0 Å². The maximum Gasteiger partial charge on any atom is 0.417 e. The lowest BCUT2D eigenvalue weighted by molar-refractivity contribution is -0.137. The van der Waals surface area contributed by atoms with E-state index < -0.39 is 11.7 Å². The van der Waals surface area contributed by atoms with Gasteiger partial charge in [0.1, 0.15) is 0 Å². The maximum atomic E-state index is 13.3. The monoisotopic (exact) mass is 358 g/mol. The van der Waals surface area contributed by atoms with Crippen LogP contribution in [0.25, 0.3) is 0 Å². The quantitative estimate of drug-likeness (QED) is 0.696. The predicted octanol–water partition coefficient (Wildman–Crippen LogP) is 5.34. The average Bonchev–Trinajstić information content (AvgIpc) is 3.42. The zero-order valence-electron chi connectivity index (χ0n) is 14.7. The van der Waals surface area contributed by atoms with Crippen LogP contribution in [0.3, 0.4) is 0 Å². The van der Waals surface area contributed by atoms with Crippen LogP contribution in [0.15, 0.2) is 42.5 Å². The van der Waals surface area contributed by atoms with E-state index in [-0.39, 0.29) is 5.56 Å². The molecule has 0 bridgehead atoms. The van der Waals surface area contributed by atoms with E-state index in [0.717, 1.165) is 31.9 Å². The van der Waals surface area contributed by atoms with Gasteiger partial charge in [0.15, 0.2) is 0 Å². The van der Waals surface area contributed by atoms with Crippen LogP contribution in [0, 0.1) is 24.2 Å². The summed E-state index contributed by atoms with van der Waals surface area (Å²) in [5.74, 6) is 0.553. The van der Waals surface area contributed by atoms with Gasteiger partial charge in [0.2, 0.25) is 0 Å². The summed E-state index contributed by atoms with van der Waals surface area (Å²) in [5, 5.41) is 8.99. The number of aryl methyl sites for hydroxylation is 1. The molecular weight excluding hydrogens is 337 g/mol. The second kappa shape index (κ2) is 7.41. The molecule has 2 aromatic carbocycles. The summed E-state index contributed by atoms with van der Waals surface area (Å²) in [6.07, 6.45) is -1.49. The van der Waals surface area contributed by atoms with Gasteiger partial charge >= 0.3 is 6.18 Å². The Morgan fingerprint density at radius 1 is 1.15 bits per heavy atom. The van der Waals surface area contributed by atoms with E-state index in [2.05, 4.69) is 6.07 Å². The molecule has 0 heterocycles. The first-order valence-electron chi connectivity index (χ1n) is 8.79. The van der Waals surface area contributed by atoms with Crippen LogP contribution in [0.2, 0.25) is 0 Å². The fourth-order valence-electron chi connectivity index (χ4n) is 3.14. The first-order chi connectivity index (χ1) is 12.4. The number of anilines is 1. The fourth-order valence-corrected chi connectivity index (χ4v) is 3.14. The van der Waals surface area contributed by atoms with Crippen molar-refractivity contribution in [1.82, 2.24) is 0 Å². The van der Waals surface area contributed by atoms with Crippen LogP contribution in [-0.2, 0) is 12.6 Å². The van der Waals surface area contributed by atoms with Gasteiger partial charge in [-0.2, -0.15) is 18.4 Å². The van der Waals surface area contributed by atoms with Gasteiger partial charge in [0, 0.05) is 18.8 Å². The number of nitriles is 1. The normalized spacial score (nSPS) is 14.1. The lowest BCUT2D eigenvalue weighted by atomic mass is 10.0. The summed E-state index contributed by atoms with van der Waals surface area (Å²) >= 11 is 0. The van der Waals surface area contributed by atoms with Crippen molar-refractivity contribution in [2.24, 2.45) is 5.92 Å². The van der Waals surface area contributed by atoms with Crippen molar-refractivity contribution in [2.45, 2.75) is 32.4 Å². The third-order valence-electron chi connectivity index (χ3n) is 4.88. The summed E-state index contributed by atoms with van der Waals surface area (Å²) in [7, 11) is 0. The largest absolute Gasteiger partial charge is 0.417 e. The van der Waals surface area contributed by atoms with Crippen LogP contribution in [0.5, 0.6) is 0 Å². The minimum absolute atomic E-state index is 0.327. The molecule has 0 aromatic heterocycles. The molecule has 0 spiro atoms. The molecule has 1 fully saturated rings. The minimum atomic E-state index is -4.53. The van der Waals surface area contributed by atoms with Crippen molar-refractivity contribution < 1.29 is 13.2 Å². The highest BCUT2D eigenvalue weighted by Gasteiger charge is 2.34. The second-order valence-electron chi connectivity index (χ2n) is 6.91. The number of hydrogen-bond donors (Lipinski definition) is 0. The molecule has 1 saturated carbocycles. The lowest BCUT2D eigenvalue weighted by Gasteiger charge is -2.26. The van der Waals surface area contributed by atoms with Gasteiger partial charge in [0.25, 0.3) is 0 Å². The van der Waals surface area contributed by atoms with Gasteiger partial charge in [-0.3, -0.25) is 0 Å². The van der Waals surface area contributed by atoms with Gasteiger partial charge in [-0.1, -0.05) is 24.3 Å². The van der Waals surface area contributed by atoms with Gasteiger partial charge < -0.3 is 4.90 Å². The number of nitrogens with zero attached hydrogens (tertiary/aromatic N) is 2. The fraction of sp³-hybridized carbons (Fsp3) is 0.381. The Balaban J connectivity index is 1.85. The van der Waals surface area contributed by atoms with Crippen LogP contribution in [0.4, 0.5) is 18.9 Å². The van der Waals surface area contributed by atoms with Crippen molar-refractivity contribution >= 4 is 5.69 Å². The SMILES string of the molecule is Cc1ccccc1CCN(CC1CC1)c1ccc(C#N)c(C(F)(F)F)c1. The van der Waals surface area contributed by atoms with Gasteiger partial charge in [-0.15, -0.1) is 0 Å². The standard InChI is InChI=1S/C21H21F3N2/c1-15-4-2-3-5-17(15)10-11-26(14-16-6-7-16)19-9-8-18(13-25)20(12-19)21(22,23)24/h2-5,8-9,12,16H,6-7,10-11,14H2,1H3. The van der Waals surface area contributed by atoms with E-state index in [1.54, 1.807) is 12.1 Å². The molecule has 3 rings (SSSR count). The van der Waals surface area contributed by atoms with Gasteiger partial charge in [0.05, 0.1) is 17.2 Å². The molecule has 2 nitrogen and oxygen atoms in total. The number of benzene rings is 2. The summed E-state index contributed by atoms with van der Waals surface area (Å²) in [4.78, 5) is 2.03. The average molecular weight is 358 g/mol. The van der Waals surface area contributed by atoms with E-state index in [4.69, 9.17) is 5.26 Å². The predicted molar refractivity (Wildman–Crippen MR) is 96.0 cm³/mol.